The number of rotatable bonds is 4. The van der Waals surface area contributed by atoms with Crippen molar-refractivity contribution in [3.8, 4) is 0 Å². The lowest BCUT2D eigenvalue weighted by Gasteiger charge is -2.22. The smallest absolute Gasteiger partial charge is 0.256 e. The maximum absolute atomic E-state index is 12.8. The summed E-state index contributed by atoms with van der Waals surface area (Å²) >= 11 is 6.14. The van der Waals surface area contributed by atoms with Crippen molar-refractivity contribution in [1.29, 1.82) is 0 Å². The third-order valence-electron chi connectivity index (χ3n) is 3.59. The van der Waals surface area contributed by atoms with E-state index in [1.165, 1.54) is 0 Å². The van der Waals surface area contributed by atoms with Gasteiger partial charge in [-0.2, -0.15) is 0 Å². The number of benzene rings is 1. The monoisotopic (exact) mass is 304 g/mol. The van der Waals surface area contributed by atoms with Gasteiger partial charge in [0.1, 0.15) is 11.5 Å². The summed E-state index contributed by atoms with van der Waals surface area (Å²) in [5.41, 5.74) is 6.75. The highest BCUT2D eigenvalue weighted by Crippen LogP contribution is 2.32. The number of aryl methyl sites for hydroxylation is 1. The summed E-state index contributed by atoms with van der Waals surface area (Å²) < 4.78 is 5.58. The Kier molecular flexibility index (Phi) is 3.64. The van der Waals surface area contributed by atoms with Gasteiger partial charge < -0.3 is 15.1 Å². The number of anilines is 1. The third-order valence-corrected chi connectivity index (χ3v) is 3.92. The lowest BCUT2D eigenvalue weighted by atomic mass is 10.1. The molecule has 0 saturated heterocycles. The summed E-state index contributed by atoms with van der Waals surface area (Å²) in [5.74, 6) is 1.53. The molecule has 2 aromatic rings. The lowest BCUT2D eigenvalue weighted by Crippen LogP contribution is -2.32. The molecule has 21 heavy (non-hydrogen) atoms. The lowest BCUT2D eigenvalue weighted by molar-refractivity contribution is 0.0717. The zero-order chi connectivity index (χ0) is 15.0. The van der Waals surface area contributed by atoms with Gasteiger partial charge in [-0.15, -0.1) is 0 Å². The van der Waals surface area contributed by atoms with Gasteiger partial charge in [-0.05, 0) is 50.1 Å². The molecule has 4 nitrogen and oxygen atoms in total. The molecule has 0 radical (unpaired) electrons. The third kappa shape index (κ3) is 3.05. The van der Waals surface area contributed by atoms with Gasteiger partial charge >= 0.3 is 0 Å². The minimum atomic E-state index is -0.0937. The molecule has 1 heterocycles. The standard InChI is InChI=1S/C16H17ClN2O2/c1-10-2-6-13(21-10)9-19(12-4-5-12)16(20)14-8-11(18)3-7-15(14)17/h2-3,6-8,12H,4-5,9,18H2,1H3. The van der Waals surface area contributed by atoms with Crippen molar-refractivity contribution in [2.75, 3.05) is 5.73 Å². The number of amides is 1. The number of nitrogen functional groups attached to an aromatic ring is 1. The van der Waals surface area contributed by atoms with Crippen LogP contribution < -0.4 is 5.73 Å². The first kappa shape index (κ1) is 14.0. The first-order valence-corrected chi connectivity index (χ1v) is 7.33. The quantitative estimate of drug-likeness (QED) is 0.877. The predicted octanol–water partition coefficient (Wildman–Crippen LogP) is 3.63. The molecule has 110 valence electrons. The minimum absolute atomic E-state index is 0.0937. The van der Waals surface area contributed by atoms with E-state index < -0.39 is 0 Å². The second-order valence-corrected chi connectivity index (χ2v) is 5.82. The Morgan fingerprint density at radius 1 is 1.38 bits per heavy atom. The summed E-state index contributed by atoms with van der Waals surface area (Å²) in [6.07, 6.45) is 2.04. The van der Waals surface area contributed by atoms with E-state index in [0.717, 1.165) is 24.4 Å². The molecule has 1 aliphatic rings. The average Bonchev–Trinajstić information content (AvgIpc) is 3.21. The molecule has 2 N–H and O–H groups in total. The number of hydrogen-bond donors (Lipinski definition) is 1. The Morgan fingerprint density at radius 3 is 2.76 bits per heavy atom. The number of furan rings is 1. The fourth-order valence-electron chi connectivity index (χ4n) is 2.35. The number of carbonyl (C=O) groups excluding carboxylic acids is 1. The molecule has 0 aliphatic heterocycles. The fraction of sp³-hybridized carbons (Fsp3) is 0.312. The summed E-state index contributed by atoms with van der Waals surface area (Å²) in [5, 5.41) is 0.426. The van der Waals surface area contributed by atoms with Crippen molar-refractivity contribution in [3.05, 3.63) is 52.4 Å². The van der Waals surface area contributed by atoms with E-state index in [-0.39, 0.29) is 11.9 Å². The van der Waals surface area contributed by atoms with E-state index >= 15 is 0 Å². The van der Waals surface area contributed by atoms with Gasteiger partial charge in [-0.25, -0.2) is 0 Å². The van der Waals surface area contributed by atoms with Gasteiger partial charge in [0.25, 0.3) is 5.91 Å². The molecule has 0 bridgehead atoms. The van der Waals surface area contributed by atoms with Gasteiger partial charge in [0.15, 0.2) is 0 Å². The largest absolute Gasteiger partial charge is 0.464 e. The average molecular weight is 305 g/mol. The van der Waals surface area contributed by atoms with Crippen molar-refractivity contribution < 1.29 is 9.21 Å². The highest BCUT2D eigenvalue weighted by molar-refractivity contribution is 6.34. The Bertz CT molecular complexity index is 677. The molecule has 5 heteroatoms. The maximum Gasteiger partial charge on any atom is 0.256 e. The van der Waals surface area contributed by atoms with Crippen LogP contribution in [0, 0.1) is 6.92 Å². The van der Waals surface area contributed by atoms with Gasteiger partial charge in [-0.1, -0.05) is 11.6 Å². The molecule has 1 aliphatic carbocycles. The zero-order valence-corrected chi connectivity index (χ0v) is 12.6. The molecule has 0 atom stereocenters. The van der Waals surface area contributed by atoms with Crippen molar-refractivity contribution in [1.82, 2.24) is 4.90 Å². The highest BCUT2D eigenvalue weighted by atomic mass is 35.5. The summed E-state index contributed by atoms with van der Waals surface area (Å²) in [7, 11) is 0. The summed E-state index contributed by atoms with van der Waals surface area (Å²) in [4.78, 5) is 14.6. The van der Waals surface area contributed by atoms with Crippen molar-refractivity contribution in [3.63, 3.8) is 0 Å². The van der Waals surface area contributed by atoms with Crippen LogP contribution in [0.1, 0.15) is 34.7 Å². The number of halogens is 1. The molecule has 0 spiro atoms. The van der Waals surface area contributed by atoms with Crippen LogP contribution in [0.4, 0.5) is 5.69 Å². The van der Waals surface area contributed by atoms with Crippen LogP contribution in [0.15, 0.2) is 34.7 Å². The second kappa shape index (κ2) is 5.45. The van der Waals surface area contributed by atoms with Crippen LogP contribution in [-0.2, 0) is 6.54 Å². The van der Waals surface area contributed by atoms with E-state index in [2.05, 4.69) is 0 Å². The molecule has 1 aromatic heterocycles. The number of nitrogens with zero attached hydrogens (tertiary/aromatic N) is 1. The molecular formula is C16H17ClN2O2. The van der Waals surface area contributed by atoms with E-state index in [9.17, 15) is 4.79 Å². The second-order valence-electron chi connectivity index (χ2n) is 5.42. The molecule has 1 fully saturated rings. The van der Waals surface area contributed by atoms with E-state index in [1.807, 2.05) is 24.0 Å². The van der Waals surface area contributed by atoms with E-state index in [0.29, 0.717) is 22.8 Å². The highest BCUT2D eigenvalue weighted by Gasteiger charge is 2.34. The molecule has 3 rings (SSSR count). The predicted molar refractivity (Wildman–Crippen MR) is 82.2 cm³/mol. The van der Waals surface area contributed by atoms with Crippen LogP contribution in [0.25, 0.3) is 0 Å². The van der Waals surface area contributed by atoms with Gasteiger partial charge in [0.05, 0.1) is 17.1 Å². The normalized spacial score (nSPS) is 14.2. The van der Waals surface area contributed by atoms with Crippen LogP contribution in [0.5, 0.6) is 0 Å². The Labute approximate surface area is 128 Å². The Balaban J connectivity index is 1.86. The van der Waals surface area contributed by atoms with Crippen molar-refractivity contribution in [2.24, 2.45) is 0 Å². The van der Waals surface area contributed by atoms with E-state index in [1.54, 1.807) is 18.2 Å². The molecule has 1 amide bonds. The number of hydrogen-bond acceptors (Lipinski definition) is 3. The summed E-state index contributed by atoms with van der Waals surface area (Å²) in [6.45, 7) is 2.35. The van der Waals surface area contributed by atoms with Gasteiger partial charge in [-0.3, -0.25) is 4.79 Å². The summed E-state index contributed by atoms with van der Waals surface area (Å²) in [6, 6.07) is 9.05. The SMILES string of the molecule is Cc1ccc(CN(C(=O)c2cc(N)ccc2Cl)C2CC2)o1. The fourth-order valence-corrected chi connectivity index (χ4v) is 2.55. The van der Waals surface area contributed by atoms with Crippen molar-refractivity contribution in [2.45, 2.75) is 32.4 Å². The first-order chi connectivity index (χ1) is 10.0. The van der Waals surface area contributed by atoms with Crippen LogP contribution in [0.3, 0.4) is 0 Å². The first-order valence-electron chi connectivity index (χ1n) is 6.96. The van der Waals surface area contributed by atoms with E-state index in [4.69, 9.17) is 21.8 Å². The molecular weight excluding hydrogens is 288 g/mol. The Hall–Kier alpha value is -1.94. The number of nitrogens with two attached hydrogens (primary N) is 1. The van der Waals surface area contributed by atoms with Gasteiger partial charge in [0.2, 0.25) is 0 Å². The van der Waals surface area contributed by atoms with Crippen LogP contribution in [-0.4, -0.2) is 16.8 Å². The topological polar surface area (TPSA) is 59.5 Å². The molecule has 1 saturated carbocycles. The van der Waals surface area contributed by atoms with Crippen LogP contribution >= 0.6 is 11.6 Å². The van der Waals surface area contributed by atoms with Gasteiger partial charge in [0, 0.05) is 11.7 Å². The Morgan fingerprint density at radius 2 is 2.14 bits per heavy atom. The maximum atomic E-state index is 12.8. The van der Waals surface area contributed by atoms with Crippen LogP contribution in [0.2, 0.25) is 5.02 Å². The molecule has 1 aromatic carbocycles. The minimum Gasteiger partial charge on any atom is -0.464 e. The molecule has 0 unspecified atom stereocenters. The number of carbonyl (C=O) groups is 1. The zero-order valence-electron chi connectivity index (χ0n) is 11.8. The van der Waals surface area contributed by atoms with Crippen molar-refractivity contribution >= 4 is 23.2 Å².